The number of carbonyl (C=O) groups is 1. The van der Waals surface area contributed by atoms with Crippen LogP contribution < -0.4 is 10.9 Å². The summed E-state index contributed by atoms with van der Waals surface area (Å²) in [6.07, 6.45) is -4.43. The van der Waals surface area contributed by atoms with Crippen LogP contribution in [0.15, 0.2) is 23.1 Å². The van der Waals surface area contributed by atoms with Gasteiger partial charge in [0.2, 0.25) is 0 Å². The number of aromatic amines is 1. The normalized spacial score (nSPS) is 19.2. The average molecular weight is 525 g/mol. The Morgan fingerprint density at radius 1 is 1.22 bits per heavy atom. The van der Waals surface area contributed by atoms with Crippen molar-refractivity contribution in [1.82, 2.24) is 19.9 Å². The molecule has 1 aliphatic rings. The second kappa shape index (κ2) is 9.69. The van der Waals surface area contributed by atoms with Crippen LogP contribution in [0.2, 0.25) is 0 Å². The van der Waals surface area contributed by atoms with Gasteiger partial charge in [0.1, 0.15) is 11.3 Å². The summed E-state index contributed by atoms with van der Waals surface area (Å²) >= 11 is 0. The molecule has 2 aromatic heterocycles. The minimum absolute atomic E-state index is 0.0438. The van der Waals surface area contributed by atoms with Crippen LogP contribution in [0.3, 0.4) is 0 Å². The summed E-state index contributed by atoms with van der Waals surface area (Å²) in [5.74, 6) is -3.66. The molecule has 1 fully saturated rings. The van der Waals surface area contributed by atoms with E-state index >= 15 is 4.39 Å². The first-order valence-electron chi connectivity index (χ1n) is 11.4. The third-order valence-electron chi connectivity index (χ3n) is 5.99. The van der Waals surface area contributed by atoms with Crippen LogP contribution in [-0.2, 0) is 10.9 Å². The van der Waals surface area contributed by atoms with Crippen molar-refractivity contribution in [2.75, 3.05) is 18.4 Å². The lowest BCUT2D eigenvalue weighted by Crippen LogP contribution is -2.48. The Labute approximate surface area is 207 Å². The minimum atomic E-state index is -5.13. The molecule has 1 aliphatic heterocycles. The van der Waals surface area contributed by atoms with Crippen LogP contribution in [-0.4, -0.2) is 51.1 Å². The summed E-state index contributed by atoms with van der Waals surface area (Å²) in [6.45, 7) is 6.78. The van der Waals surface area contributed by atoms with Gasteiger partial charge < -0.3 is 19.9 Å². The Morgan fingerprint density at radius 2 is 1.86 bits per heavy atom. The number of fused-ring (bicyclic) bond motifs is 1. The first-order chi connectivity index (χ1) is 17.3. The molecule has 0 aliphatic carbocycles. The fourth-order valence-electron chi connectivity index (χ4n) is 4.47. The van der Waals surface area contributed by atoms with Crippen LogP contribution in [0, 0.1) is 18.6 Å². The van der Waals surface area contributed by atoms with E-state index in [9.17, 15) is 27.2 Å². The minimum Gasteiger partial charge on any atom is -0.372 e. The van der Waals surface area contributed by atoms with Crippen LogP contribution >= 0.6 is 0 Å². The highest BCUT2D eigenvalue weighted by atomic mass is 19.4. The number of ether oxygens (including phenoxy) is 1. The number of nitrogens with zero attached hydrogens (tertiary/aromatic N) is 3. The number of rotatable bonds is 4. The number of anilines is 1. The average Bonchev–Trinajstić information content (AvgIpc) is 2.78. The number of nitrogens with one attached hydrogen (secondary N) is 2. The van der Waals surface area contributed by atoms with Gasteiger partial charge in [0.25, 0.3) is 11.5 Å². The van der Waals surface area contributed by atoms with E-state index in [1.54, 1.807) is 13.8 Å². The van der Waals surface area contributed by atoms with Crippen LogP contribution in [0.25, 0.3) is 10.9 Å². The first kappa shape index (κ1) is 26.5. The topological polar surface area (TPSA) is 100 Å². The zero-order valence-corrected chi connectivity index (χ0v) is 20.3. The Hall–Kier alpha value is -3.61. The number of carbonyl (C=O) groups excluding carboxylic acids is 1. The van der Waals surface area contributed by atoms with Gasteiger partial charge in [0.05, 0.1) is 34.8 Å². The number of aryl methyl sites for hydroxylation is 1. The van der Waals surface area contributed by atoms with Gasteiger partial charge in [-0.3, -0.25) is 9.59 Å². The number of hydrogen-bond acceptors (Lipinski definition) is 6. The van der Waals surface area contributed by atoms with Crippen molar-refractivity contribution in [1.29, 1.82) is 0 Å². The molecule has 198 valence electrons. The maximum Gasteiger partial charge on any atom is 0.419 e. The smallest absolute Gasteiger partial charge is 0.372 e. The summed E-state index contributed by atoms with van der Waals surface area (Å²) < 4.78 is 77.1. The maximum atomic E-state index is 15.0. The largest absolute Gasteiger partial charge is 0.419 e. The molecular weight excluding hydrogens is 501 g/mol. The number of halogens is 5. The van der Waals surface area contributed by atoms with Gasteiger partial charge in [-0.15, -0.1) is 0 Å². The summed E-state index contributed by atoms with van der Waals surface area (Å²) in [4.78, 5) is 36.5. The fourth-order valence-corrected chi connectivity index (χ4v) is 4.47. The molecule has 2 N–H and O–H groups in total. The van der Waals surface area contributed by atoms with Gasteiger partial charge in [-0.25, -0.2) is 18.7 Å². The van der Waals surface area contributed by atoms with Crippen molar-refractivity contribution in [2.45, 2.75) is 52.1 Å². The number of hydrogen-bond donors (Lipinski definition) is 2. The number of alkyl halides is 3. The lowest BCUT2D eigenvalue weighted by atomic mass is 9.97. The lowest BCUT2D eigenvalue weighted by Gasteiger charge is -2.35. The SMILES string of the molecule is Cc1nc2c(F)c(C(F)(F)F)c(C(C)Nc3ncc(C(=O)N4C[C@@H](C)O[C@@H](C)C4)cc3F)cc2c(=O)[nH]1. The summed E-state index contributed by atoms with van der Waals surface area (Å²) in [5, 5.41) is 2.11. The van der Waals surface area contributed by atoms with Crippen molar-refractivity contribution in [3.8, 4) is 0 Å². The van der Waals surface area contributed by atoms with Crippen LogP contribution in [0.5, 0.6) is 0 Å². The van der Waals surface area contributed by atoms with Crippen molar-refractivity contribution < 1.29 is 31.5 Å². The van der Waals surface area contributed by atoms with Crippen molar-refractivity contribution in [3.63, 3.8) is 0 Å². The molecule has 3 aromatic rings. The second-order valence-electron chi connectivity index (χ2n) is 9.09. The van der Waals surface area contributed by atoms with Crippen molar-refractivity contribution in [3.05, 3.63) is 62.8 Å². The predicted molar refractivity (Wildman–Crippen MR) is 124 cm³/mol. The van der Waals surface area contributed by atoms with E-state index in [4.69, 9.17) is 4.74 Å². The number of morpholine rings is 1. The molecule has 3 atom stereocenters. The van der Waals surface area contributed by atoms with Gasteiger partial charge in [0.15, 0.2) is 17.5 Å². The predicted octanol–water partition coefficient (Wildman–Crippen LogP) is 4.35. The molecule has 1 unspecified atom stereocenters. The number of benzene rings is 1. The molecule has 1 saturated heterocycles. The van der Waals surface area contributed by atoms with Crippen molar-refractivity contribution in [2.24, 2.45) is 0 Å². The van der Waals surface area contributed by atoms with E-state index in [1.165, 1.54) is 18.7 Å². The molecule has 1 aromatic carbocycles. The molecular formula is C24H24F5N5O3. The Balaban J connectivity index is 1.67. The second-order valence-corrected chi connectivity index (χ2v) is 9.09. The number of amides is 1. The molecule has 4 rings (SSSR count). The number of pyridine rings is 1. The summed E-state index contributed by atoms with van der Waals surface area (Å²) in [7, 11) is 0. The highest BCUT2D eigenvalue weighted by Crippen LogP contribution is 2.39. The monoisotopic (exact) mass is 525 g/mol. The molecule has 1 amide bonds. The van der Waals surface area contributed by atoms with E-state index < -0.39 is 57.8 Å². The van der Waals surface area contributed by atoms with Gasteiger partial charge >= 0.3 is 6.18 Å². The van der Waals surface area contributed by atoms with E-state index in [0.29, 0.717) is 13.1 Å². The molecule has 13 heteroatoms. The maximum absolute atomic E-state index is 15.0. The van der Waals surface area contributed by atoms with Gasteiger partial charge in [-0.1, -0.05) is 0 Å². The first-order valence-corrected chi connectivity index (χ1v) is 11.4. The van der Waals surface area contributed by atoms with E-state index in [0.717, 1.165) is 18.3 Å². The third kappa shape index (κ3) is 5.26. The van der Waals surface area contributed by atoms with Crippen molar-refractivity contribution >= 4 is 22.6 Å². The third-order valence-corrected chi connectivity index (χ3v) is 5.99. The number of H-pyrrole nitrogens is 1. The molecule has 0 bridgehead atoms. The van der Waals surface area contributed by atoms with Crippen LogP contribution in [0.4, 0.5) is 27.8 Å². The molecule has 3 heterocycles. The molecule has 0 saturated carbocycles. The summed E-state index contributed by atoms with van der Waals surface area (Å²) in [6, 6.07) is 0.472. The molecule has 0 spiro atoms. The number of aromatic nitrogens is 3. The van der Waals surface area contributed by atoms with E-state index in [2.05, 4.69) is 20.3 Å². The Kier molecular flexibility index (Phi) is 6.93. The Morgan fingerprint density at radius 3 is 2.46 bits per heavy atom. The van der Waals surface area contributed by atoms with Crippen LogP contribution in [0.1, 0.15) is 54.1 Å². The highest BCUT2D eigenvalue weighted by Gasteiger charge is 2.40. The fraction of sp³-hybridized carbons (Fsp3) is 0.417. The molecule has 37 heavy (non-hydrogen) atoms. The Bertz CT molecular complexity index is 1410. The van der Waals surface area contributed by atoms with Gasteiger partial charge in [-0.05, 0) is 45.4 Å². The van der Waals surface area contributed by atoms with E-state index in [1.807, 2.05) is 0 Å². The summed E-state index contributed by atoms with van der Waals surface area (Å²) in [5.41, 5.74) is -3.84. The molecule has 8 nitrogen and oxygen atoms in total. The highest BCUT2D eigenvalue weighted by molar-refractivity contribution is 5.94. The quantitative estimate of drug-likeness (QED) is 0.492. The molecule has 0 radical (unpaired) electrons. The van der Waals surface area contributed by atoms with Gasteiger partial charge in [0, 0.05) is 19.3 Å². The standard InChI is InChI=1S/C24H24F5N5O3/c1-10-8-34(9-11(2)37-10)23(36)14-5-17(25)21(30-7-14)31-12(3)15-6-16-20(32-13(4)33-22(16)35)19(26)18(15)24(27,28)29/h5-7,10-12H,8-9H2,1-4H3,(H,30,31)(H,32,33,35)/t10-,11+,12?. The zero-order valence-electron chi connectivity index (χ0n) is 20.3. The van der Waals surface area contributed by atoms with E-state index in [-0.39, 0.29) is 29.0 Å². The zero-order chi connectivity index (χ0) is 27.2. The lowest BCUT2D eigenvalue weighted by molar-refractivity contribution is -0.140. The van der Waals surface area contributed by atoms with Gasteiger partial charge in [-0.2, -0.15) is 13.2 Å².